The highest BCUT2D eigenvalue weighted by Crippen LogP contribution is 2.19. The van der Waals surface area contributed by atoms with E-state index in [-0.39, 0.29) is 0 Å². The molecule has 1 N–H and O–H groups in total. The first-order valence-electron chi connectivity index (χ1n) is 7.87. The molecule has 1 atom stereocenters. The van der Waals surface area contributed by atoms with Crippen LogP contribution in [0.5, 0.6) is 0 Å². The highest BCUT2D eigenvalue weighted by molar-refractivity contribution is 5.80. The summed E-state index contributed by atoms with van der Waals surface area (Å²) in [6.07, 6.45) is 2.93. The van der Waals surface area contributed by atoms with Crippen molar-refractivity contribution in [2.75, 3.05) is 5.32 Å². The van der Waals surface area contributed by atoms with Crippen molar-refractivity contribution in [2.45, 2.75) is 38.8 Å². The van der Waals surface area contributed by atoms with E-state index in [0.717, 1.165) is 48.8 Å². The number of hydrogen-bond donors (Lipinski definition) is 1. The zero-order valence-corrected chi connectivity index (χ0v) is 12.7. The Bertz CT molecular complexity index is 808. The first-order valence-corrected chi connectivity index (χ1v) is 7.87. The number of fused-ring (bicyclic) bond motifs is 2. The predicted molar refractivity (Wildman–Crippen MR) is 86.9 cm³/mol. The lowest BCUT2D eigenvalue weighted by molar-refractivity contribution is 0.440. The highest BCUT2D eigenvalue weighted by atomic mass is 15.4. The Hall–Kier alpha value is -2.43. The molecule has 0 bridgehead atoms. The van der Waals surface area contributed by atoms with Crippen LogP contribution in [0.3, 0.4) is 0 Å². The summed E-state index contributed by atoms with van der Waals surface area (Å²) in [4.78, 5) is 9.25. The number of hydrogen-bond acceptors (Lipinski definition) is 4. The molecule has 0 amide bonds. The number of nitrogens with zero attached hydrogens (tertiary/aromatic N) is 4. The molecule has 4 rings (SSSR count). The summed E-state index contributed by atoms with van der Waals surface area (Å²) in [5.74, 6) is 2.99. The first kappa shape index (κ1) is 13.2. The molecule has 0 saturated heterocycles. The Morgan fingerprint density at radius 3 is 3.00 bits per heavy atom. The van der Waals surface area contributed by atoms with E-state index in [9.17, 15) is 0 Å². The quantitative estimate of drug-likeness (QED) is 0.807. The van der Waals surface area contributed by atoms with Crippen LogP contribution >= 0.6 is 0 Å². The van der Waals surface area contributed by atoms with Gasteiger partial charge in [0, 0.05) is 24.3 Å². The van der Waals surface area contributed by atoms with E-state index in [4.69, 9.17) is 4.98 Å². The summed E-state index contributed by atoms with van der Waals surface area (Å²) in [6, 6.07) is 12.7. The molecule has 5 nitrogen and oxygen atoms in total. The van der Waals surface area contributed by atoms with Gasteiger partial charge in [0.15, 0.2) is 5.82 Å². The molecule has 1 unspecified atom stereocenters. The van der Waals surface area contributed by atoms with E-state index >= 15 is 0 Å². The number of aryl methyl sites for hydroxylation is 2. The normalized spacial score (nSPS) is 17.4. The second-order valence-electron chi connectivity index (χ2n) is 5.75. The lowest BCUT2D eigenvalue weighted by Crippen LogP contribution is -2.32. The van der Waals surface area contributed by atoms with E-state index in [1.54, 1.807) is 0 Å². The topological polar surface area (TPSA) is 55.6 Å². The minimum Gasteiger partial charge on any atom is -0.365 e. The maximum atomic E-state index is 4.69. The Morgan fingerprint density at radius 1 is 1.18 bits per heavy atom. The molecule has 0 fully saturated rings. The van der Waals surface area contributed by atoms with Gasteiger partial charge in [0.2, 0.25) is 0 Å². The van der Waals surface area contributed by atoms with Crippen LogP contribution in [0.1, 0.15) is 25.0 Å². The van der Waals surface area contributed by atoms with Gasteiger partial charge in [0.1, 0.15) is 11.6 Å². The average Bonchev–Trinajstić information content (AvgIpc) is 2.97. The van der Waals surface area contributed by atoms with Crippen LogP contribution in [0.15, 0.2) is 36.4 Å². The molecule has 2 aromatic heterocycles. The van der Waals surface area contributed by atoms with Gasteiger partial charge in [0.05, 0.1) is 12.1 Å². The summed E-state index contributed by atoms with van der Waals surface area (Å²) in [5.41, 5.74) is 1.03. The van der Waals surface area contributed by atoms with Crippen molar-refractivity contribution in [1.29, 1.82) is 0 Å². The van der Waals surface area contributed by atoms with Crippen LogP contribution in [0.4, 0.5) is 5.82 Å². The van der Waals surface area contributed by atoms with Crippen molar-refractivity contribution in [1.82, 2.24) is 19.7 Å². The summed E-state index contributed by atoms with van der Waals surface area (Å²) >= 11 is 0. The lowest BCUT2D eigenvalue weighted by atomic mass is 10.1. The third-order valence-corrected chi connectivity index (χ3v) is 4.17. The predicted octanol–water partition coefficient (Wildman–Crippen LogP) is 2.82. The van der Waals surface area contributed by atoms with E-state index in [1.807, 2.05) is 22.9 Å². The second kappa shape index (κ2) is 5.40. The van der Waals surface area contributed by atoms with E-state index in [0.29, 0.717) is 6.04 Å². The maximum absolute atomic E-state index is 4.69. The summed E-state index contributed by atoms with van der Waals surface area (Å²) in [6.45, 7) is 2.95. The minimum absolute atomic E-state index is 0.354. The van der Waals surface area contributed by atoms with E-state index < -0.39 is 0 Å². The lowest BCUT2D eigenvalue weighted by Gasteiger charge is -2.24. The van der Waals surface area contributed by atoms with Gasteiger partial charge < -0.3 is 5.32 Å². The minimum atomic E-state index is 0.354. The zero-order valence-electron chi connectivity index (χ0n) is 12.7. The molecular formula is C17H19N5. The van der Waals surface area contributed by atoms with Crippen molar-refractivity contribution >= 4 is 16.7 Å². The van der Waals surface area contributed by atoms with Gasteiger partial charge in [-0.3, -0.25) is 0 Å². The fourth-order valence-corrected chi connectivity index (χ4v) is 2.98. The van der Waals surface area contributed by atoms with Crippen molar-refractivity contribution in [3.05, 3.63) is 48.0 Å². The summed E-state index contributed by atoms with van der Waals surface area (Å²) in [5, 5.41) is 9.27. The van der Waals surface area contributed by atoms with Gasteiger partial charge in [-0.05, 0) is 24.6 Å². The number of rotatable bonds is 3. The smallest absolute Gasteiger partial charge is 0.150 e. The second-order valence-corrected chi connectivity index (χ2v) is 5.75. The zero-order chi connectivity index (χ0) is 14.9. The molecule has 112 valence electrons. The van der Waals surface area contributed by atoms with Gasteiger partial charge >= 0.3 is 0 Å². The van der Waals surface area contributed by atoms with Gasteiger partial charge in [-0.15, -0.1) is 0 Å². The van der Waals surface area contributed by atoms with E-state index in [1.165, 1.54) is 5.39 Å². The molecule has 1 aliphatic heterocycles. The van der Waals surface area contributed by atoms with Gasteiger partial charge in [0.25, 0.3) is 0 Å². The van der Waals surface area contributed by atoms with Crippen LogP contribution in [-0.4, -0.2) is 25.8 Å². The molecule has 3 heterocycles. The van der Waals surface area contributed by atoms with Crippen LogP contribution in [0.25, 0.3) is 10.9 Å². The number of benzene rings is 1. The van der Waals surface area contributed by atoms with Crippen molar-refractivity contribution in [3.8, 4) is 0 Å². The summed E-state index contributed by atoms with van der Waals surface area (Å²) in [7, 11) is 0. The largest absolute Gasteiger partial charge is 0.365 e. The standard InChI is InChI=1S/C17H19N5/c1-2-15-20-17-10-8-13(11-22(17)21-15)18-16-9-7-12-5-3-4-6-14(12)19-16/h3-7,9,13H,2,8,10-11H2,1H3,(H,18,19). The van der Waals surface area contributed by atoms with Crippen LogP contribution < -0.4 is 5.32 Å². The molecule has 0 aliphatic carbocycles. The van der Waals surface area contributed by atoms with Gasteiger partial charge in [-0.2, -0.15) is 5.10 Å². The Balaban J connectivity index is 1.53. The van der Waals surface area contributed by atoms with Gasteiger partial charge in [-0.1, -0.05) is 25.1 Å². The Kier molecular flexibility index (Phi) is 3.25. The number of para-hydroxylation sites is 1. The highest BCUT2D eigenvalue weighted by Gasteiger charge is 2.21. The Morgan fingerprint density at radius 2 is 2.09 bits per heavy atom. The fourth-order valence-electron chi connectivity index (χ4n) is 2.98. The molecule has 5 heteroatoms. The molecule has 0 radical (unpaired) electrons. The number of anilines is 1. The number of pyridine rings is 1. The fraction of sp³-hybridized carbons (Fsp3) is 0.353. The van der Waals surface area contributed by atoms with Crippen molar-refractivity contribution in [3.63, 3.8) is 0 Å². The average molecular weight is 293 g/mol. The van der Waals surface area contributed by atoms with E-state index in [2.05, 4.69) is 40.5 Å². The number of nitrogens with one attached hydrogen (secondary N) is 1. The van der Waals surface area contributed by atoms with Crippen LogP contribution in [0, 0.1) is 0 Å². The summed E-state index contributed by atoms with van der Waals surface area (Å²) < 4.78 is 2.04. The molecule has 1 aliphatic rings. The SMILES string of the molecule is CCc1nc2n(n1)CC(Nc1ccc3ccccc3n1)CC2. The molecule has 3 aromatic rings. The van der Waals surface area contributed by atoms with Crippen molar-refractivity contribution in [2.24, 2.45) is 0 Å². The van der Waals surface area contributed by atoms with Crippen LogP contribution in [0.2, 0.25) is 0 Å². The monoisotopic (exact) mass is 293 g/mol. The third kappa shape index (κ3) is 2.43. The van der Waals surface area contributed by atoms with Gasteiger partial charge in [-0.25, -0.2) is 14.6 Å². The molecule has 0 saturated carbocycles. The third-order valence-electron chi connectivity index (χ3n) is 4.17. The first-order chi connectivity index (χ1) is 10.8. The molecule has 22 heavy (non-hydrogen) atoms. The number of aromatic nitrogens is 4. The Labute approximate surface area is 129 Å². The maximum Gasteiger partial charge on any atom is 0.150 e. The molecular weight excluding hydrogens is 274 g/mol. The van der Waals surface area contributed by atoms with Crippen LogP contribution in [-0.2, 0) is 19.4 Å². The van der Waals surface area contributed by atoms with Crippen molar-refractivity contribution < 1.29 is 0 Å². The molecule has 1 aromatic carbocycles. The molecule has 0 spiro atoms.